The third-order valence-electron chi connectivity index (χ3n) is 6.48. The van der Waals surface area contributed by atoms with Crippen LogP contribution in [0.4, 0.5) is 5.95 Å². The van der Waals surface area contributed by atoms with Crippen molar-refractivity contribution in [3.63, 3.8) is 0 Å². The van der Waals surface area contributed by atoms with Crippen molar-refractivity contribution in [2.24, 2.45) is 11.3 Å². The maximum absolute atomic E-state index is 12.6. The van der Waals surface area contributed by atoms with Gasteiger partial charge in [0.05, 0.1) is 5.41 Å². The van der Waals surface area contributed by atoms with Gasteiger partial charge < -0.3 is 19.8 Å². The number of carboxylic acids is 1. The molecule has 0 spiro atoms. The molecule has 27 heavy (non-hydrogen) atoms. The van der Waals surface area contributed by atoms with E-state index in [2.05, 4.69) is 19.8 Å². The molecule has 2 saturated heterocycles. The van der Waals surface area contributed by atoms with Crippen molar-refractivity contribution in [2.45, 2.75) is 25.7 Å². The first-order valence-electron chi connectivity index (χ1n) is 9.84. The molecule has 3 fully saturated rings. The van der Waals surface area contributed by atoms with Gasteiger partial charge in [0.2, 0.25) is 11.9 Å². The van der Waals surface area contributed by atoms with E-state index in [9.17, 15) is 14.7 Å². The maximum atomic E-state index is 12.6. The first kappa shape index (κ1) is 18.2. The van der Waals surface area contributed by atoms with Gasteiger partial charge in [0.25, 0.3) is 0 Å². The molecule has 0 bridgehead atoms. The number of piperazine rings is 1. The molecule has 8 heteroatoms. The Morgan fingerprint density at radius 1 is 1.19 bits per heavy atom. The van der Waals surface area contributed by atoms with Gasteiger partial charge in [0, 0.05) is 64.6 Å². The van der Waals surface area contributed by atoms with Crippen LogP contribution < -0.4 is 4.90 Å². The van der Waals surface area contributed by atoms with Crippen molar-refractivity contribution in [1.82, 2.24) is 19.8 Å². The normalized spacial score (nSPS) is 28.4. The zero-order chi connectivity index (χ0) is 18.9. The van der Waals surface area contributed by atoms with E-state index in [1.807, 2.05) is 4.90 Å². The number of carbonyl (C=O) groups is 2. The van der Waals surface area contributed by atoms with Crippen molar-refractivity contribution in [1.29, 1.82) is 0 Å². The quantitative estimate of drug-likeness (QED) is 0.813. The molecule has 2 aliphatic heterocycles. The summed E-state index contributed by atoms with van der Waals surface area (Å²) in [6.07, 6.45) is 6.72. The molecule has 1 aliphatic carbocycles. The highest BCUT2D eigenvalue weighted by Gasteiger charge is 2.54. The Balaban J connectivity index is 1.25. The smallest absolute Gasteiger partial charge is 0.311 e. The number of nitrogens with zero attached hydrogens (tertiary/aromatic N) is 5. The second-order valence-corrected chi connectivity index (χ2v) is 7.95. The number of rotatable bonds is 5. The van der Waals surface area contributed by atoms with Gasteiger partial charge in [-0.15, -0.1) is 0 Å². The SMILES string of the molecule is O=C(CCN1C[C@@H]2CCC[C@@]2(C(=O)O)C1)N1CCN(c2ncccn2)CC1. The Morgan fingerprint density at radius 2 is 1.93 bits per heavy atom. The molecule has 4 rings (SSSR count). The molecule has 146 valence electrons. The number of carboxylic acid groups (broad SMARTS) is 1. The van der Waals surface area contributed by atoms with Crippen LogP contribution in [0, 0.1) is 11.3 Å². The Kier molecular flexibility index (Phi) is 4.99. The first-order chi connectivity index (χ1) is 13.1. The maximum Gasteiger partial charge on any atom is 0.311 e. The Morgan fingerprint density at radius 3 is 2.59 bits per heavy atom. The first-order valence-corrected chi connectivity index (χ1v) is 9.84. The topological polar surface area (TPSA) is 89.9 Å². The van der Waals surface area contributed by atoms with Crippen LogP contribution in [0.25, 0.3) is 0 Å². The molecule has 1 saturated carbocycles. The van der Waals surface area contributed by atoms with Crippen LogP contribution in [0.3, 0.4) is 0 Å². The summed E-state index contributed by atoms with van der Waals surface area (Å²) in [4.78, 5) is 39.1. The van der Waals surface area contributed by atoms with Crippen LogP contribution >= 0.6 is 0 Å². The Bertz CT molecular complexity index is 692. The van der Waals surface area contributed by atoms with Crippen LogP contribution in [-0.2, 0) is 9.59 Å². The monoisotopic (exact) mass is 373 g/mol. The van der Waals surface area contributed by atoms with E-state index >= 15 is 0 Å². The highest BCUT2D eigenvalue weighted by Crippen LogP contribution is 2.48. The number of anilines is 1. The highest BCUT2D eigenvalue weighted by molar-refractivity contribution is 5.77. The van der Waals surface area contributed by atoms with E-state index in [1.54, 1.807) is 18.5 Å². The van der Waals surface area contributed by atoms with E-state index in [0.29, 0.717) is 38.5 Å². The van der Waals surface area contributed by atoms with Crippen LogP contribution in [0.1, 0.15) is 25.7 Å². The summed E-state index contributed by atoms with van der Waals surface area (Å²) in [5, 5.41) is 9.68. The minimum atomic E-state index is -0.655. The van der Waals surface area contributed by atoms with Gasteiger partial charge in [0.1, 0.15) is 0 Å². The molecule has 0 aromatic carbocycles. The number of aliphatic carboxylic acids is 1. The van der Waals surface area contributed by atoms with Crippen molar-refractivity contribution >= 4 is 17.8 Å². The summed E-state index contributed by atoms with van der Waals surface area (Å²) in [5.41, 5.74) is -0.565. The molecular weight excluding hydrogens is 346 g/mol. The number of likely N-dealkylation sites (tertiary alicyclic amines) is 1. The van der Waals surface area contributed by atoms with Crippen LogP contribution in [0.5, 0.6) is 0 Å². The number of fused-ring (bicyclic) bond motifs is 1. The zero-order valence-corrected chi connectivity index (χ0v) is 15.6. The van der Waals surface area contributed by atoms with Gasteiger partial charge >= 0.3 is 5.97 Å². The van der Waals surface area contributed by atoms with Gasteiger partial charge in [-0.05, 0) is 24.8 Å². The van der Waals surface area contributed by atoms with Gasteiger partial charge in [-0.2, -0.15) is 0 Å². The predicted molar refractivity (Wildman–Crippen MR) is 99.3 cm³/mol. The minimum absolute atomic E-state index is 0.157. The largest absolute Gasteiger partial charge is 0.481 e. The van der Waals surface area contributed by atoms with Gasteiger partial charge in [-0.3, -0.25) is 9.59 Å². The van der Waals surface area contributed by atoms with Gasteiger partial charge in [-0.25, -0.2) is 9.97 Å². The number of carbonyl (C=O) groups excluding carboxylic acids is 1. The van der Waals surface area contributed by atoms with Crippen LogP contribution in [0.2, 0.25) is 0 Å². The third kappa shape index (κ3) is 3.50. The molecule has 0 unspecified atom stereocenters. The summed E-state index contributed by atoms with van der Waals surface area (Å²) < 4.78 is 0. The fourth-order valence-corrected chi connectivity index (χ4v) is 4.94. The Labute approximate surface area is 159 Å². The molecule has 3 heterocycles. The Hall–Kier alpha value is -2.22. The molecule has 8 nitrogen and oxygen atoms in total. The van der Waals surface area contributed by atoms with Crippen LogP contribution in [0.15, 0.2) is 18.5 Å². The lowest BCUT2D eigenvalue weighted by molar-refractivity contribution is -0.149. The lowest BCUT2D eigenvalue weighted by Crippen LogP contribution is -2.49. The summed E-state index contributed by atoms with van der Waals surface area (Å²) in [6, 6.07) is 1.80. The molecule has 3 aliphatic rings. The minimum Gasteiger partial charge on any atom is -0.481 e. The van der Waals surface area contributed by atoms with Crippen molar-refractivity contribution in [2.75, 3.05) is 50.7 Å². The van der Waals surface area contributed by atoms with E-state index in [-0.39, 0.29) is 11.8 Å². The summed E-state index contributed by atoms with van der Waals surface area (Å²) in [7, 11) is 0. The molecule has 1 aromatic rings. The van der Waals surface area contributed by atoms with E-state index in [1.165, 1.54) is 0 Å². The molecule has 1 amide bonds. The number of hydrogen-bond donors (Lipinski definition) is 1. The summed E-state index contributed by atoms with van der Waals surface area (Å²) >= 11 is 0. The number of aromatic nitrogens is 2. The van der Waals surface area contributed by atoms with E-state index in [4.69, 9.17) is 0 Å². The average Bonchev–Trinajstić information content (AvgIpc) is 3.25. The van der Waals surface area contributed by atoms with Gasteiger partial charge in [0.15, 0.2) is 0 Å². The number of hydrogen-bond acceptors (Lipinski definition) is 6. The molecule has 1 aromatic heterocycles. The standard InChI is InChI=1S/C19H27N5O3/c25-16(23-9-11-24(12-10-23)18-20-6-2-7-21-18)4-8-22-13-15-3-1-5-19(15,14-22)17(26)27/h2,6-7,15H,1,3-5,8-14H2,(H,26,27)/t15-,19+/m0/s1. The number of amides is 1. The summed E-state index contributed by atoms with van der Waals surface area (Å²) in [6.45, 7) is 4.91. The lowest BCUT2D eigenvalue weighted by Gasteiger charge is -2.35. The molecule has 1 N–H and O–H groups in total. The molecule has 2 atom stereocenters. The molecule has 0 radical (unpaired) electrons. The van der Waals surface area contributed by atoms with E-state index < -0.39 is 11.4 Å². The fourth-order valence-electron chi connectivity index (χ4n) is 4.94. The third-order valence-corrected chi connectivity index (χ3v) is 6.48. The highest BCUT2D eigenvalue weighted by atomic mass is 16.4. The summed E-state index contributed by atoms with van der Waals surface area (Å²) in [5.74, 6) is 0.467. The second-order valence-electron chi connectivity index (χ2n) is 7.95. The van der Waals surface area contributed by atoms with Crippen molar-refractivity contribution in [3.8, 4) is 0 Å². The van der Waals surface area contributed by atoms with Crippen LogP contribution in [-0.4, -0.2) is 82.6 Å². The average molecular weight is 373 g/mol. The molecular formula is C19H27N5O3. The fraction of sp³-hybridized carbons (Fsp3) is 0.684. The van der Waals surface area contributed by atoms with Gasteiger partial charge in [-0.1, -0.05) is 6.42 Å². The van der Waals surface area contributed by atoms with Crippen molar-refractivity contribution in [3.05, 3.63) is 18.5 Å². The van der Waals surface area contributed by atoms with E-state index in [0.717, 1.165) is 38.9 Å². The predicted octanol–water partition coefficient (Wildman–Crippen LogP) is 0.702. The van der Waals surface area contributed by atoms with Crippen molar-refractivity contribution < 1.29 is 14.7 Å². The lowest BCUT2D eigenvalue weighted by atomic mass is 9.81. The zero-order valence-electron chi connectivity index (χ0n) is 15.6. The second kappa shape index (κ2) is 7.42.